The molecule has 0 aliphatic heterocycles. The van der Waals surface area contributed by atoms with Gasteiger partial charge in [0.2, 0.25) is 5.96 Å². The van der Waals surface area contributed by atoms with Crippen LogP contribution in [0, 0.1) is 0 Å². The lowest BCUT2D eigenvalue weighted by molar-refractivity contribution is 0.246. The third-order valence-corrected chi connectivity index (χ3v) is 3.75. The zero-order valence-corrected chi connectivity index (χ0v) is 11.7. The third-order valence-electron chi connectivity index (χ3n) is 3.75. The van der Waals surface area contributed by atoms with Gasteiger partial charge in [0.15, 0.2) is 0 Å². The van der Waals surface area contributed by atoms with Gasteiger partial charge in [-0.3, -0.25) is 5.43 Å². The molecule has 1 saturated carbocycles. The molecule has 0 saturated heterocycles. The lowest BCUT2D eigenvalue weighted by Crippen LogP contribution is -2.50. The molecule has 0 atom stereocenters. The van der Waals surface area contributed by atoms with Crippen LogP contribution in [0.2, 0.25) is 0 Å². The minimum atomic E-state index is 0.567. The number of guanidine groups is 1. The van der Waals surface area contributed by atoms with Crippen molar-refractivity contribution < 1.29 is 0 Å². The van der Waals surface area contributed by atoms with E-state index in [4.69, 9.17) is 5.84 Å². The fourth-order valence-corrected chi connectivity index (χ4v) is 2.78. The molecule has 0 spiro atoms. The summed E-state index contributed by atoms with van der Waals surface area (Å²) < 4.78 is 0. The van der Waals surface area contributed by atoms with Gasteiger partial charge in [-0.15, -0.1) is 0 Å². The summed E-state index contributed by atoms with van der Waals surface area (Å²) in [5.74, 6) is 6.46. The Kier molecular flexibility index (Phi) is 5.21. The third kappa shape index (κ3) is 3.70. The summed E-state index contributed by atoms with van der Waals surface area (Å²) in [6.45, 7) is 3.09. The van der Waals surface area contributed by atoms with Crippen LogP contribution in [0.4, 0.5) is 5.69 Å². The lowest BCUT2D eigenvalue weighted by atomic mass is 9.94. The van der Waals surface area contributed by atoms with E-state index in [9.17, 15) is 0 Å². The predicted octanol–water partition coefficient (Wildman–Crippen LogP) is 2.79. The van der Waals surface area contributed by atoms with Crippen LogP contribution in [-0.4, -0.2) is 23.4 Å². The molecule has 0 unspecified atom stereocenters. The highest BCUT2D eigenvalue weighted by molar-refractivity contribution is 5.82. The van der Waals surface area contributed by atoms with Gasteiger partial charge in [-0.1, -0.05) is 37.5 Å². The molecule has 3 N–H and O–H groups in total. The molecule has 0 radical (unpaired) electrons. The van der Waals surface area contributed by atoms with Gasteiger partial charge in [0, 0.05) is 12.6 Å². The van der Waals surface area contributed by atoms with Crippen molar-refractivity contribution >= 4 is 11.6 Å². The second kappa shape index (κ2) is 7.14. The van der Waals surface area contributed by atoms with Crippen molar-refractivity contribution in [1.29, 1.82) is 0 Å². The minimum Gasteiger partial charge on any atom is -0.339 e. The van der Waals surface area contributed by atoms with Crippen molar-refractivity contribution in [2.75, 3.05) is 6.54 Å². The number of hydrogen-bond donors (Lipinski definition) is 2. The quantitative estimate of drug-likeness (QED) is 0.380. The fraction of sp³-hybridized carbons (Fsp3) is 0.533. The van der Waals surface area contributed by atoms with Gasteiger partial charge in [-0.25, -0.2) is 10.8 Å². The van der Waals surface area contributed by atoms with Crippen LogP contribution in [0.15, 0.2) is 35.3 Å². The molecule has 1 aliphatic carbocycles. The SMILES string of the molecule is CCN(C(=Nc1ccccc1)NN)C1CCCCC1. The van der Waals surface area contributed by atoms with Crippen LogP contribution in [0.25, 0.3) is 0 Å². The van der Waals surface area contributed by atoms with E-state index in [0.717, 1.165) is 18.2 Å². The molecule has 1 fully saturated rings. The van der Waals surface area contributed by atoms with Crippen molar-refractivity contribution in [2.45, 2.75) is 45.1 Å². The summed E-state index contributed by atoms with van der Waals surface area (Å²) in [7, 11) is 0. The molecule has 2 rings (SSSR count). The topological polar surface area (TPSA) is 53.6 Å². The van der Waals surface area contributed by atoms with Gasteiger partial charge < -0.3 is 4.90 Å². The highest BCUT2D eigenvalue weighted by atomic mass is 15.4. The smallest absolute Gasteiger partial charge is 0.213 e. The molecule has 1 aromatic rings. The van der Waals surface area contributed by atoms with E-state index in [1.807, 2.05) is 30.3 Å². The lowest BCUT2D eigenvalue weighted by Gasteiger charge is -2.35. The van der Waals surface area contributed by atoms with E-state index < -0.39 is 0 Å². The van der Waals surface area contributed by atoms with E-state index in [0.29, 0.717) is 6.04 Å². The summed E-state index contributed by atoms with van der Waals surface area (Å²) >= 11 is 0. The average molecular weight is 260 g/mol. The Morgan fingerprint density at radius 2 is 1.95 bits per heavy atom. The molecule has 1 aliphatic rings. The number of nitrogens with two attached hydrogens (primary N) is 1. The Bertz CT molecular complexity index is 396. The van der Waals surface area contributed by atoms with E-state index in [2.05, 4.69) is 22.2 Å². The normalized spacial score (nSPS) is 17.3. The molecular weight excluding hydrogens is 236 g/mol. The second-order valence-corrected chi connectivity index (χ2v) is 4.99. The number of nitrogens with zero attached hydrogens (tertiary/aromatic N) is 2. The first-order chi connectivity index (χ1) is 9.35. The summed E-state index contributed by atoms with van der Waals surface area (Å²) in [5, 5.41) is 0. The Morgan fingerprint density at radius 3 is 2.53 bits per heavy atom. The standard InChI is InChI=1S/C15H24N4/c1-2-19(14-11-7-4-8-12-14)15(18-16)17-13-9-5-3-6-10-13/h3,5-6,9-10,14H,2,4,7-8,11-12,16H2,1H3,(H,17,18). The Balaban J connectivity index is 2.15. The Hall–Kier alpha value is -1.55. The first kappa shape index (κ1) is 13.9. The van der Waals surface area contributed by atoms with Gasteiger partial charge >= 0.3 is 0 Å². The zero-order valence-electron chi connectivity index (χ0n) is 11.7. The van der Waals surface area contributed by atoms with Gasteiger partial charge in [0.25, 0.3) is 0 Å². The van der Waals surface area contributed by atoms with E-state index in [1.165, 1.54) is 32.1 Å². The number of nitrogens with one attached hydrogen (secondary N) is 1. The maximum Gasteiger partial charge on any atom is 0.213 e. The predicted molar refractivity (Wildman–Crippen MR) is 80.1 cm³/mol. The van der Waals surface area contributed by atoms with Crippen molar-refractivity contribution in [2.24, 2.45) is 10.8 Å². The highest BCUT2D eigenvalue weighted by Gasteiger charge is 2.22. The molecule has 0 heterocycles. The largest absolute Gasteiger partial charge is 0.339 e. The zero-order chi connectivity index (χ0) is 13.5. The summed E-state index contributed by atoms with van der Waals surface area (Å²) in [5.41, 5.74) is 3.71. The van der Waals surface area contributed by atoms with Crippen LogP contribution < -0.4 is 11.3 Å². The number of aliphatic imine (C=N–C) groups is 1. The number of hydrazine groups is 1. The van der Waals surface area contributed by atoms with Gasteiger partial charge in [-0.2, -0.15) is 0 Å². The average Bonchev–Trinajstić information content (AvgIpc) is 2.49. The monoisotopic (exact) mass is 260 g/mol. The van der Waals surface area contributed by atoms with Crippen LogP contribution in [-0.2, 0) is 0 Å². The van der Waals surface area contributed by atoms with Gasteiger partial charge in [-0.05, 0) is 31.9 Å². The Morgan fingerprint density at radius 1 is 1.26 bits per heavy atom. The molecule has 4 nitrogen and oxygen atoms in total. The number of benzene rings is 1. The number of rotatable bonds is 3. The van der Waals surface area contributed by atoms with Crippen LogP contribution in [0.1, 0.15) is 39.0 Å². The molecule has 4 heteroatoms. The minimum absolute atomic E-state index is 0.567. The van der Waals surface area contributed by atoms with E-state index in [1.54, 1.807) is 0 Å². The number of hydrogen-bond acceptors (Lipinski definition) is 2. The molecule has 0 bridgehead atoms. The van der Waals surface area contributed by atoms with Crippen molar-refractivity contribution in [3.05, 3.63) is 30.3 Å². The van der Waals surface area contributed by atoms with Crippen molar-refractivity contribution in [3.63, 3.8) is 0 Å². The molecule has 0 amide bonds. The molecule has 19 heavy (non-hydrogen) atoms. The maximum absolute atomic E-state index is 5.68. The molecule has 0 aromatic heterocycles. The van der Waals surface area contributed by atoms with E-state index >= 15 is 0 Å². The van der Waals surface area contributed by atoms with Crippen LogP contribution in [0.3, 0.4) is 0 Å². The fourth-order valence-electron chi connectivity index (χ4n) is 2.78. The first-order valence-corrected chi connectivity index (χ1v) is 7.22. The van der Waals surface area contributed by atoms with Gasteiger partial charge in [0.05, 0.1) is 5.69 Å². The van der Waals surface area contributed by atoms with Crippen molar-refractivity contribution in [3.8, 4) is 0 Å². The van der Waals surface area contributed by atoms with Gasteiger partial charge in [0.1, 0.15) is 0 Å². The summed E-state index contributed by atoms with van der Waals surface area (Å²) in [6.07, 6.45) is 6.45. The second-order valence-electron chi connectivity index (χ2n) is 4.99. The summed E-state index contributed by atoms with van der Waals surface area (Å²) in [4.78, 5) is 6.93. The molecule has 1 aromatic carbocycles. The van der Waals surface area contributed by atoms with E-state index in [-0.39, 0.29) is 0 Å². The summed E-state index contributed by atoms with van der Waals surface area (Å²) in [6, 6.07) is 10.5. The molecule has 104 valence electrons. The van der Waals surface area contributed by atoms with Crippen LogP contribution >= 0.6 is 0 Å². The number of para-hydroxylation sites is 1. The Labute approximate surface area is 115 Å². The maximum atomic E-state index is 5.68. The van der Waals surface area contributed by atoms with Crippen LogP contribution in [0.5, 0.6) is 0 Å². The van der Waals surface area contributed by atoms with Crippen molar-refractivity contribution in [1.82, 2.24) is 10.3 Å². The first-order valence-electron chi connectivity index (χ1n) is 7.22. The molecular formula is C15H24N4. The highest BCUT2D eigenvalue weighted by Crippen LogP contribution is 2.23.